The van der Waals surface area contributed by atoms with Crippen LogP contribution in [0.4, 0.5) is 27.6 Å². The molecule has 0 aliphatic carbocycles. The van der Waals surface area contributed by atoms with Gasteiger partial charge in [0.1, 0.15) is 11.6 Å². The van der Waals surface area contributed by atoms with Crippen LogP contribution in [0.3, 0.4) is 0 Å². The van der Waals surface area contributed by atoms with Crippen LogP contribution in [0.5, 0.6) is 0 Å². The fourth-order valence-electron chi connectivity index (χ4n) is 2.35. The van der Waals surface area contributed by atoms with Gasteiger partial charge in [-0.05, 0) is 12.1 Å². The summed E-state index contributed by atoms with van der Waals surface area (Å²) in [7, 11) is 0. The average Bonchev–Trinajstić information content (AvgIpc) is 2.48. The third kappa shape index (κ3) is 5.05. The molecule has 0 saturated carbocycles. The van der Waals surface area contributed by atoms with Crippen molar-refractivity contribution in [2.75, 3.05) is 44.2 Å². The van der Waals surface area contributed by atoms with E-state index < -0.39 is 36.8 Å². The van der Waals surface area contributed by atoms with E-state index in [0.717, 1.165) is 18.2 Å². The predicted octanol–water partition coefficient (Wildman–Crippen LogP) is 1.77. The third-order valence-electron chi connectivity index (χ3n) is 3.48. The zero-order valence-electron chi connectivity index (χ0n) is 12.2. The molecule has 128 valence electrons. The maximum Gasteiger partial charge on any atom is 0.401 e. The summed E-state index contributed by atoms with van der Waals surface area (Å²) in [5, 5.41) is 2.04. The van der Waals surface area contributed by atoms with Crippen LogP contribution < -0.4 is 10.2 Å². The minimum absolute atomic E-state index is 0.118. The molecule has 1 fully saturated rings. The molecule has 1 aromatic rings. The van der Waals surface area contributed by atoms with Gasteiger partial charge in [-0.15, -0.1) is 0 Å². The number of carbonyl (C=O) groups excluding carboxylic acids is 1. The molecule has 0 spiro atoms. The fraction of sp³-hybridized carbons (Fsp3) is 0.500. The Bertz CT molecular complexity index is 556. The van der Waals surface area contributed by atoms with Gasteiger partial charge in [0, 0.05) is 32.2 Å². The van der Waals surface area contributed by atoms with Gasteiger partial charge in [0.25, 0.3) is 0 Å². The molecule has 1 saturated heterocycles. The van der Waals surface area contributed by atoms with Gasteiger partial charge >= 0.3 is 6.18 Å². The second kappa shape index (κ2) is 7.12. The van der Waals surface area contributed by atoms with Gasteiger partial charge in [0.05, 0.1) is 18.8 Å². The maximum absolute atomic E-state index is 13.7. The second-order valence-corrected chi connectivity index (χ2v) is 5.18. The van der Waals surface area contributed by atoms with Crippen molar-refractivity contribution in [3.63, 3.8) is 0 Å². The SMILES string of the molecule is O=C(CNCC(F)(F)F)N1CCN(c2cc(F)ccc2F)CC1. The van der Waals surface area contributed by atoms with Crippen LogP contribution in [-0.4, -0.2) is 56.3 Å². The first-order valence-electron chi connectivity index (χ1n) is 7.01. The molecule has 23 heavy (non-hydrogen) atoms. The van der Waals surface area contributed by atoms with Crippen molar-refractivity contribution in [1.82, 2.24) is 10.2 Å². The van der Waals surface area contributed by atoms with E-state index in [9.17, 15) is 26.7 Å². The van der Waals surface area contributed by atoms with Gasteiger partial charge in [-0.25, -0.2) is 8.78 Å². The molecule has 1 aliphatic heterocycles. The highest BCUT2D eigenvalue weighted by molar-refractivity contribution is 5.78. The Hall–Kier alpha value is -1.90. The lowest BCUT2D eigenvalue weighted by molar-refractivity contribution is -0.134. The number of rotatable bonds is 4. The summed E-state index contributed by atoms with van der Waals surface area (Å²) >= 11 is 0. The summed E-state index contributed by atoms with van der Waals surface area (Å²) < 4.78 is 62.9. The van der Waals surface area contributed by atoms with Gasteiger partial charge in [-0.1, -0.05) is 0 Å². The summed E-state index contributed by atoms with van der Waals surface area (Å²) in [6.07, 6.45) is -4.37. The van der Waals surface area contributed by atoms with Crippen molar-refractivity contribution in [3.05, 3.63) is 29.8 Å². The first-order valence-corrected chi connectivity index (χ1v) is 7.01. The van der Waals surface area contributed by atoms with E-state index in [1.807, 2.05) is 5.32 Å². The normalized spacial score (nSPS) is 15.9. The largest absolute Gasteiger partial charge is 0.401 e. The highest BCUT2D eigenvalue weighted by Crippen LogP contribution is 2.21. The van der Waals surface area contributed by atoms with Gasteiger partial charge in [-0.3, -0.25) is 4.79 Å². The van der Waals surface area contributed by atoms with Crippen LogP contribution in [0, 0.1) is 11.6 Å². The Morgan fingerprint density at radius 2 is 1.78 bits per heavy atom. The third-order valence-corrected chi connectivity index (χ3v) is 3.48. The lowest BCUT2D eigenvalue weighted by Gasteiger charge is -2.36. The highest BCUT2D eigenvalue weighted by atomic mass is 19.4. The summed E-state index contributed by atoms with van der Waals surface area (Å²) in [6.45, 7) is -0.594. The lowest BCUT2D eigenvalue weighted by atomic mass is 10.2. The molecule has 1 aliphatic rings. The molecule has 0 unspecified atom stereocenters. The molecule has 1 aromatic carbocycles. The van der Waals surface area contributed by atoms with Crippen molar-refractivity contribution in [1.29, 1.82) is 0 Å². The van der Waals surface area contributed by atoms with Crippen molar-refractivity contribution in [2.24, 2.45) is 0 Å². The quantitative estimate of drug-likeness (QED) is 0.851. The number of alkyl halides is 3. The van der Waals surface area contributed by atoms with Crippen LogP contribution in [0.15, 0.2) is 18.2 Å². The van der Waals surface area contributed by atoms with E-state index in [1.54, 1.807) is 4.90 Å². The van der Waals surface area contributed by atoms with Crippen molar-refractivity contribution < 1.29 is 26.7 Å². The fourth-order valence-corrected chi connectivity index (χ4v) is 2.35. The number of halogens is 5. The molecule has 0 radical (unpaired) electrons. The van der Waals surface area contributed by atoms with Crippen LogP contribution in [0.2, 0.25) is 0 Å². The van der Waals surface area contributed by atoms with E-state index in [1.165, 1.54) is 4.90 Å². The number of benzene rings is 1. The van der Waals surface area contributed by atoms with Gasteiger partial charge in [0.2, 0.25) is 5.91 Å². The smallest absolute Gasteiger partial charge is 0.366 e. The number of nitrogens with one attached hydrogen (secondary N) is 1. The molecular formula is C14H16F5N3O. The minimum atomic E-state index is -4.37. The predicted molar refractivity (Wildman–Crippen MR) is 74.1 cm³/mol. The molecule has 0 aromatic heterocycles. The Morgan fingerprint density at radius 3 is 2.39 bits per heavy atom. The molecule has 2 rings (SSSR count). The Kier molecular flexibility index (Phi) is 5.40. The topological polar surface area (TPSA) is 35.6 Å². The van der Waals surface area contributed by atoms with Crippen molar-refractivity contribution in [3.8, 4) is 0 Å². The molecule has 4 nitrogen and oxygen atoms in total. The molecule has 0 atom stereocenters. The average molecular weight is 337 g/mol. The maximum atomic E-state index is 13.7. The summed E-state index contributed by atoms with van der Waals surface area (Å²) in [5.74, 6) is -1.57. The zero-order valence-corrected chi connectivity index (χ0v) is 12.2. The molecule has 1 amide bonds. The molecular weight excluding hydrogens is 321 g/mol. The number of piperazine rings is 1. The van der Waals surface area contributed by atoms with Crippen molar-refractivity contribution in [2.45, 2.75) is 6.18 Å². The van der Waals surface area contributed by atoms with Crippen LogP contribution in [-0.2, 0) is 4.79 Å². The van der Waals surface area contributed by atoms with Gasteiger partial charge in [-0.2, -0.15) is 13.2 Å². The number of hydrogen-bond acceptors (Lipinski definition) is 3. The van der Waals surface area contributed by atoms with E-state index in [0.29, 0.717) is 0 Å². The summed E-state index contributed by atoms with van der Waals surface area (Å²) in [4.78, 5) is 14.8. The molecule has 0 bridgehead atoms. The standard InChI is InChI=1S/C14H16F5N3O/c15-10-1-2-11(16)12(7-10)21-3-5-22(6-4-21)13(23)8-20-9-14(17,18)19/h1-2,7,20H,3-6,8-9H2. The first kappa shape index (κ1) is 17.5. The Balaban J connectivity index is 1.84. The number of carbonyl (C=O) groups is 1. The number of nitrogens with zero attached hydrogens (tertiary/aromatic N) is 2. The van der Waals surface area contributed by atoms with E-state index in [2.05, 4.69) is 0 Å². The van der Waals surface area contributed by atoms with Gasteiger partial charge < -0.3 is 15.1 Å². The van der Waals surface area contributed by atoms with E-state index in [4.69, 9.17) is 0 Å². The van der Waals surface area contributed by atoms with E-state index >= 15 is 0 Å². The molecule has 1 N–H and O–H groups in total. The number of hydrogen-bond donors (Lipinski definition) is 1. The highest BCUT2D eigenvalue weighted by Gasteiger charge is 2.28. The van der Waals surface area contributed by atoms with Crippen LogP contribution in [0.1, 0.15) is 0 Å². The second-order valence-electron chi connectivity index (χ2n) is 5.18. The Labute approximate surface area is 129 Å². The van der Waals surface area contributed by atoms with Crippen LogP contribution in [0.25, 0.3) is 0 Å². The van der Waals surface area contributed by atoms with Crippen molar-refractivity contribution >= 4 is 11.6 Å². The van der Waals surface area contributed by atoms with Gasteiger partial charge in [0.15, 0.2) is 0 Å². The molecule has 1 heterocycles. The minimum Gasteiger partial charge on any atom is -0.366 e. The number of amides is 1. The lowest BCUT2D eigenvalue weighted by Crippen LogP contribution is -2.51. The zero-order chi connectivity index (χ0) is 17.0. The van der Waals surface area contributed by atoms with Crippen LogP contribution >= 0.6 is 0 Å². The monoisotopic (exact) mass is 337 g/mol. The molecule has 9 heteroatoms. The summed E-state index contributed by atoms with van der Waals surface area (Å²) in [6, 6.07) is 3.13. The summed E-state index contributed by atoms with van der Waals surface area (Å²) in [5.41, 5.74) is 0.118. The number of anilines is 1. The van der Waals surface area contributed by atoms with E-state index in [-0.39, 0.29) is 31.9 Å². The first-order chi connectivity index (χ1) is 10.8. The Morgan fingerprint density at radius 1 is 1.13 bits per heavy atom.